The molecule has 1 aromatic carbocycles. The second-order valence-corrected chi connectivity index (χ2v) is 4.01. The number of benzene rings is 1. The van der Waals surface area contributed by atoms with E-state index in [0.717, 1.165) is 5.56 Å². The van der Waals surface area contributed by atoms with Crippen molar-refractivity contribution in [3.63, 3.8) is 0 Å². The van der Waals surface area contributed by atoms with Crippen molar-refractivity contribution in [2.75, 3.05) is 20.2 Å². The van der Waals surface area contributed by atoms with Crippen molar-refractivity contribution in [3.05, 3.63) is 48.0 Å². The highest BCUT2D eigenvalue weighted by Gasteiger charge is 2.05. The van der Waals surface area contributed by atoms with Gasteiger partial charge in [-0.3, -0.25) is 4.99 Å². The molecule has 0 saturated heterocycles. The number of nitrogens with zero attached hydrogens (tertiary/aromatic N) is 1. The quantitative estimate of drug-likeness (QED) is 0.359. The highest BCUT2D eigenvalue weighted by atomic mass is 16.5. The lowest BCUT2D eigenvalue weighted by molar-refractivity contribution is 0.0526. The minimum Gasteiger partial charge on any atom is -0.462 e. The number of hydrogen-bond acceptors (Lipinski definition) is 3. The van der Waals surface area contributed by atoms with Crippen LogP contribution in [0.2, 0.25) is 0 Å². The van der Waals surface area contributed by atoms with Crippen LogP contribution >= 0.6 is 0 Å². The highest BCUT2D eigenvalue weighted by Crippen LogP contribution is 2.05. The van der Waals surface area contributed by atoms with Crippen molar-refractivity contribution in [1.29, 1.82) is 0 Å². The monoisotopic (exact) mass is 275 g/mol. The molecule has 0 fully saturated rings. The van der Waals surface area contributed by atoms with Gasteiger partial charge in [0.25, 0.3) is 0 Å². The standard InChI is InChI=1S/C15H21N3O2/c1-4-10-17-15(16-3)18-11-12-6-8-13(9-7-12)14(19)20-5-2/h4,6-9H,1,5,10-11H2,2-3H3,(H2,16,17,18). The molecule has 0 atom stereocenters. The van der Waals surface area contributed by atoms with Gasteiger partial charge in [-0.05, 0) is 24.6 Å². The summed E-state index contributed by atoms with van der Waals surface area (Å²) in [5.74, 6) is 0.412. The van der Waals surface area contributed by atoms with Gasteiger partial charge >= 0.3 is 5.97 Å². The van der Waals surface area contributed by atoms with Crippen LogP contribution in [0.4, 0.5) is 0 Å². The molecule has 5 heteroatoms. The highest BCUT2D eigenvalue weighted by molar-refractivity contribution is 5.89. The number of nitrogens with one attached hydrogen (secondary N) is 2. The van der Waals surface area contributed by atoms with E-state index in [1.807, 2.05) is 12.1 Å². The van der Waals surface area contributed by atoms with Gasteiger partial charge in [0.15, 0.2) is 5.96 Å². The molecule has 0 amide bonds. The van der Waals surface area contributed by atoms with Crippen LogP contribution in [0.1, 0.15) is 22.8 Å². The summed E-state index contributed by atoms with van der Waals surface area (Å²) in [6.45, 7) is 7.09. The van der Waals surface area contributed by atoms with Gasteiger partial charge in [0.05, 0.1) is 12.2 Å². The molecule has 0 spiro atoms. The summed E-state index contributed by atoms with van der Waals surface area (Å²) in [5, 5.41) is 6.25. The van der Waals surface area contributed by atoms with Gasteiger partial charge < -0.3 is 15.4 Å². The lowest BCUT2D eigenvalue weighted by Gasteiger charge is -2.10. The molecule has 0 aliphatic carbocycles. The molecule has 0 aliphatic heterocycles. The third-order valence-corrected chi connectivity index (χ3v) is 2.56. The Morgan fingerprint density at radius 3 is 2.60 bits per heavy atom. The fraction of sp³-hybridized carbons (Fsp3) is 0.333. The zero-order valence-electron chi connectivity index (χ0n) is 12.0. The van der Waals surface area contributed by atoms with Crippen molar-refractivity contribution >= 4 is 11.9 Å². The van der Waals surface area contributed by atoms with Gasteiger partial charge in [0.1, 0.15) is 0 Å². The van der Waals surface area contributed by atoms with Gasteiger partial charge in [-0.25, -0.2) is 4.79 Å². The number of ether oxygens (including phenoxy) is 1. The number of carbonyl (C=O) groups excluding carboxylic acids is 1. The van der Waals surface area contributed by atoms with Gasteiger partial charge in [-0.2, -0.15) is 0 Å². The molecule has 0 bridgehead atoms. The van der Waals surface area contributed by atoms with Crippen molar-refractivity contribution < 1.29 is 9.53 Å². The van der Waals surface area contributed by atoms with E-state index in [4.69, 9.17) is 4.74 Å². The molecule has 2 N–H and O–H groups in total. The summed E-state index contributed by atoms with van der Waals surface area (Å²) in [5.41, 5.74) is 1.62. The molecule has 0 unspecified atom stereocenters. The second-order valence-electron chi connectivity index (χ2n) is 4.01. The molecular formula is C15H21N3O2. The maximum atomic E-state index is 11.5. The smallest absolute Gasteiger partial charge is 0.338 e. The van der Waals surface area contributed by atoms with Crippen molar-refractivity contribution in [2.45, 2.75) is 13.5 Å². The first kappa shape index (κ1) is 15.8. The third kappa shape index (κ3) is 5.14. The Hall–Kier alpha value is -2.30. The summed E-state index contributed by atoms with van der Waals surface area (Å²) in [6.07, 6.45) is 1.76. The van der Waals surface area contributed by atoms with Gasteiger partial charge in [0, 0.05) is 20.1 Å². The van der Waals surface area contributed by atoms with E-state index in [2.05, 4.69) is 22.2 Å². The molecule has 108 valence electrons. The molecule has 0 radical (unpaired) electrons. The maximum absolute atomic E-state index is 11.5. The Balaban J connectivity index is 2.53. The zero-order chi connectivity index (χ0) is 14.8. The molecule has 20 heavy (non-hydrogen) atoms. The van der Waals surface area contributed by atoms with Crippen LogP contribution < -0.4 is 10.6 Å². The summed E-state index contributed by atoms with van der Waals surface area (Å²) >= 11 is 0. The number of esters is 1. The maximum Gasteiger partial charge on any atom is 0.338 e. The predicted octanol–water partition coefficient (Wildman–Crippen LogP) is 1.71. The number of aliphatic imine (C=N–C) groups is 1. The Morgan fingerprint density at radius 2 is 2.05 bits per heavy atom. The molecular weight excluding hydrogens is 254 g/mol. The zero-order valence-corrected chi connectivity index (χ0v) is 12.0. The van der Waals surface area contributed by atoms with Crippen LogP contribution in [-0.2, 0) is 11.3 Å². The van der Waals surface area contributed by atoms with E-state index in [-0.39, 0.29) is 5.97 Å². The summed E-state index contributed by atoms with van der Waals surface area (Å²) < 4.78 is 4.93. The van der Waals surface area contributed by atoms with Crippen LogP contribution in [0, 0.1) is 0 Å². The van der Waals surface area contributed by atoms with Crippen molar-refractivity contribution in [3.8, 4) is 0 Å². The van der Waals surface area contributed by atoms with E-state index >= 15 is 0 Å². The summed E-state index contributed by atoms with van der Waals surface area (Å²) in [6, 6.07) is 7.30. The number of hydrogen-bond donors (Lipinski definition) is 2. The van der Waals surface area contributed by atoms with Crippen LogP contribution in [0.15, 0.2) is 41.9 Å². The van der Waals surface area contributed by atoms with Crippen LogP contribution in [-0.4, -0.2) is 32.1 Å². The Kier molecular flexibility index (Phi) is 6.89. The fourth-order valence-electron chi connectivity index (χ4n) is 1.55. The van der Waals surface area contributed by atoms with E-state index in [1.165, 1.54) is 0 Å². The topological polar surface area (TPSA) is 62.7 Å². The molecule has 5 nitrogen and oxygen atoms in total. The Morgan fingerprint density at radius 1 is 1.35 bits per heavy atom. The van der Waals surface area contributed by atoms with Crippen molar-refractivity contribution in [1.82, 2.24) is 10.6 Å². The molecule has 1 rings (SSSR count). The van der Waals surface area contributed by atoms with Gasteiger partial charge in [-0.15, -0.1) is 6.58 Å². The predicted molar refractivity (Wildman–Crippen MR) is 80.8 cm³/mol. The fourth-order valence-corrected chi connectivity index (χ4v) is 1.55. The van der Waals surface area contributed by atoms with E-state index in [1.54, 1.807) is 32.2 Å². The first-order valence-corrected chi connectivity index (χ1v) is 6.52. The Bertz CT molecular complexity index is 467. The largest absolute Gasteiger partial charge is 0.462 e. The number of guanidine groups is 1. The van der Waals surface area contributed by atoms with Gasteiger partial charge in [-0.1, -0.05) is 18.2 Å². The molecule has 0 saturated carbocycles. The molecule has 0 aliphatic rings. The molecule has 1 aromatic rings. The SMILES string of the molecule is C=CCNC(=NC)NCc1ccc(C(=O)OCC)cc1. The number of carbonyl (C=O) groups is 1. The molecule has 0 aromatic heterocycles. The van der Waals surface area contributed by atoms with E-state index in [0.29, 0.717) is 31.2 Å². The Labute approximate surface area is 119 Å². The normalized spacial score (nSPS) is 10.8. The first-order valence-electron chi connectivity index (χ1n) is 6.52. The minimum atomic E-state index is -0.296. The summed E-state index contributed by atoms with van der Waals surface area (Å²) in [4.78, 5) is 15.6. The first-order chi connectivity index (χ1) is 9.71. The van der Waals surface area contributed by atoms with Crippen LogP contribution in [0.25, 0.3) is 0 Å². The molecule has 0 heterocycles. The summed E-state index contributed by atoms with van der Waals surface area (Å²) in [7, 11) is 1.71. The van der Waals surface area contributed by atoms with Crippen molar-refractivity contribution in [2.24, 2.45) is 4.99 Å². The van der Waals surface area contributed by atoms with E-state index in [9.17, 15) is 4.79 Å². The second kappa shape index (κ2) is 8.74. The van der Waals surface area contributed by atoms with Crippen LogP contribution in [0.3, 0.4) is 0 Å². The average molecular weight is 275 g/mol. The average Bonchev–Trinajstić information content (AvgIpc) is 2.48. The van der Waals surface area contributed by atoms with Gasteiger partial charge in [0.2, 0.25) is 0 Å². The number of rotatable bonds is 6. The lowest BCUT2D eigenvalue weighted by atomic mass is 10.1. The van der Waals surface area contributed by atoms with Crippen LogP contribution in [0.5, 0.6) is 0 Å². The third-order valence-electron chi connectivity index (χ3n) is 2.56. The minimum absolute atomic E-state index is 0.296. The lowest BCUT2D eigenvalue weighted by Crippen LogP contribution is -2.36. The van der Waals surface area contributed by atoms with E-state index < -0.39 is 0 Å².